The number of amides is 3. The molecule has 0 aliphatic carbocycles. The number of rotatable bonds is 2. The smallest absolute Gasteiger partial charge is 0.413 e. The number of hydrogen-bond acceptors (Lipinski definition) is 8. The standard InChI is InChI=1S/C30H33ClF2N4O6S/c1-29(2,3)42-27(39)35-26-34-22-16(7-8-18(32)24(22)44-26)20-19(33)13-17-23(21(20)31)41-12-9-15-14-36(10-11-37(15)25(17)38)28(40)43-30(4,5)6/h7-8,13,15H,9-12,14H2,1-6H3,(H,34,35,39)/t15-/m0/s1. The SMILES string of the molecule is CC(C)(C)OC(=O)Nc1nc2c(-c3c(F)cc4c(c3Cl)OCC[C@H]3CN(C(=O)OC(C)(C)C)CCN3C4=O)ccc(F)c2s1. The Morgan fingerprint density at radius 2 is 1.77 bits per heavy atom. The van der Waals surface area contributed by atoms with Crippen LogP contribution in [-0.2, 0) is 9.47 Å². The fourth-order valence-electron chi connectivity index (χ4n) is 5.08. The van der Waals surface area contributed by atoms with Gasteiger partial charge in [-0.1, -0.05) is 22.9 Å². The molecule has 44 heavy (non-hydrogen) atoms. The van der Waals surface area contributed by atoms with E-state index in [1.807, 2.05) is 0 Å². The van der Waals surface area contributed by atoms with Crippen LogP contribution in [0.3, 0.4) is 0 Å². The maximum Gasteiger partial charge on any atom is 0.413 e. The molecule has 1 aromatic heterocycles. The molecule has 3 aromatic rings. The topological polar surface area (TPSA) is 110 Å². The number of fused-ring (bicyclic) bond motifs is 3. The second-order valence-corrected chi connectivity index (χ2v) is 13.9. The third-order valence-electron chi connectivity index (χ3n) is 6.87. The monoisotopic (exact) mass is 650 g/mol. The number of thiazole rings is 1. The number of hydrogen-bond donors (Lipinski definition) is 1. The molecule has 5 rings (SSSR count). The molecule has 0 radical (unpaired) electrons. The maximum atomic E-state index is 15.9. The zero-order valence-corrected chi connectivity index (χ0v) is 26.8. The third-order valence-corrected chi connectivity index (χ3v) is 8.21. The molecule has 1 fully saturated rings. The van der Waals surface area contributed by atoms with Crippen molar-refractivity contribution < 1.29 is 37.4 Å². The molecule has 2 aromatic carbocycles. The summed E-state index contributed by atoms with van der Waals surface area (Å²) >= 11 is 7.61. The van der Waals surface area contributed by atoms with Crippen molar-refractivity contribution in [1.29, 1.82) is 0 Å². The molecule has 1 saturated heterocycles. The first kappa shape index (κ1) is 31.7. The van der Waals surface area contributed by atoms with Gasteiger partial charge in [0.05, 0.1) is 33.5 Å². The van der Waals surface area contributed by atoms with Crippen LogP contribution in [0, 0.1) is 11.6 Å². The van der Waals surface area contributed by atoms with Crippen molar-refractivity contribution in [2.24, 2.45) is 0 Å². The van der Waals surface area contributed by atoms with E-state index in [2.05, 4.69) is 10.3 Å². The molecule has 0 unspecified atom stereocenters. The van der Waals surface area contributed by atoms with E-state index in [0.29, 0.717) is 6.42 Å². The lowest BCUT2D eigenvalue weighted by atomic mass is 9.98. The summed E-state index contributed by atoms with van der Waals surface area (Å²) in [6.45, 7) is 11.3. The summed E-state index contributed by atoms with van der Waals surface area (Å²) in [7, 11) is 0. The molecule has 236 valence electrons. The predicted molar refractivity (Wildman–Crippen MR) is 163 cm³/mol. The van der Waals surface area contributed by atoms with Gasteiger partial charge in [-0.15, -0.1) is 0 Å². The van der Waals surface area contributed by atoms with Gasteiger partial charge >= 0.3 is 12.2 Å². The van der Waals surface area contributed by atoms with Crippen LogP contribution in [0.25, 0.3) is 21.3 Å². The Morgan fingerprint density at radius 1 is 1.07 bits per heavy atom. The van der Waals surface area contributed by atoms with E-state index in [-0.39, 0.29) is 75.1 Å². The number of ether oxygens (including phenoxy) is 3. The second-order valence-electron chi connectivity index (χ2n) is 12.6. The van der Waals surface area contributed by atoms with Crippen LogP contribution < -0.4 is 10.1 Å². The molecule has 0 spiro atoms. The molecule has 10 nitrogen and oxygen atoms in total. The van der Waals surface area contributed by atoms with Crippen molar-refractivity contribution in [1.82, 2.24) is 14.8 Å². The Morgan fingerprint density at radius 3 is 2.45 bits per heavy atom. The number of carbonyl (C=O) groups excluding carboxylic acids is 3. The van der Waals surface area contributed by atoms with Crippen molar-refractivity contribution in [3.05, 3.63) is 40.4 Å². The van der Waals surface area contributed by atoms with Gasteiger partial charge in [-0.05, 0) is 59.7 Å². The van der Waals surface area contributed by atoms with Crippen LogP contribution in [0.15, 0.2) is 18.2 Å². The number of nitrogens with one attached hydrogen (secondary N) is 1. The molecule has 3 heterocycles. The van der Waals surface area contributed by atoms with Crippen molar-refractivity contribution >= 4 is 56.4 Å². The van der Waals surface area contributed by atoms with Gasteiger partial charge < -0.3 is 24.0 Å². The first-order valence-corrected chi connectivity index (χ1v) is 15.2. The van der Waals surface area contributed by atoms with E-state index in [1.165, 1.54) is 6.07 Å². The molecule has 3 amide bonds. The lowest BCUT2D eigenvalue weighted by Crippen LogP contribution is -2.58. The molecule has 0 saturated carbocycles. The summed E-state index contributed by atoms with van der Waals surface area (Å²) in [4.78, 5) is 46.2. The summed E-state index contributed by atoms with van der Waals surface area (Å²) in [5.74, 6) is -1.94. The summed E-state index contributed by atoms with van der Waals surface area (Å²) in [5, 5.41) is 2.37. The van der Waals surface area contributed by atoms with Crippen LogP contribution >= 0.6 is 22.9 Å². The molecule has 2 aliphatic heterocycles. The number of aromatic nitrogens is 1. The lowest BCUT2D eigenvalue weighted by Gasteiger charge is -2.42. The minimum absolute atomic E-state index is 0.000830. The van der Waals surface area contributed by atoms with Gasteiger partial charge in [0, 0.05) is 37.2 Å². The van der Waals surface area contributed by atoms with Crippen LogP contribution in [0.4, 0.5) is 23.5 Å². The van der Waals surface area contributed by atoms with Gasteiger partial charge in [0.15, 0.2) is 10.9 Å². The van der Waals surface area contributed by atoms with Crippen molar-refractivity contribution in [3.63, 3.8) is 0 Å². The zero-order valence-electron chi connectivity index (χ0n) is 25.2. The summed E-state index contributed by atoms with van der Waals surface area (Å²) < 4.78 is 47.5. The average molecular weight is 651 g/mol. The van der Waals surface area contributed by atoms with Gasteiger partial charge in [-0.25, -0.2) is 23.4 Å². The first-order valence-electron chi connectivity index (χ1n) is 14.1. The van der Waals surface area contributed by atoms with E-state index in [0.717, 1.165) is 23.5 Å². The second kappa shape index (κ2) is 11.7. The fourth-order valence-corrected chi connectivity index (χ4v) is 6.31. The average Bonchev–Trinajstić information content (AvgIpc) is 3.32. The highest BCUT2D eigenvalue weighted by Gasteiger charge is 2.38. The number of carbonyl (C=O) groups is 3. The number of piperazine rings is 1. The Kier molecular flexibility index (Phi) is 8.40. The highest BCUT2D eigenvalue weighted by molar-refractivity contribution is 7.22. The van der Waals surface area contributed by atoms with Crippen molar-refractivity contribution in [2.45, 2.75) is 65.2 Å². The number of anilines is 1. The maximum absolute atomic E-state index is 15.9. The molecular formula is C30H33ClF2N4O6S. The Labute approximate surface area is 262 Å². The van der Waals surface area contributed by atoms with E-state index in [4.69, 9.17) is 25.8 Å². The minimum atomic E-state index is -0.835. The zero-order chi connectivity index (χ0) is 32.1. The van der Waals surface area contributed by atoms with Gasteiger partial charge in [0.25, 0.3) is 5.91 Å². The highest BCUT2D eigenvalue weighted by Crippen LogP contribution is 2.45. The number of nitrogens with zero attached hydrogens (tertiary/aromatic N) is 3. The highest BCUT2D eigenvalue weighted by atomic mass is 35.5. The van der Waals surface area contributed by atoms with E-state index in [9.17, 15) is 18.8 Å². The van der Waals surface area contributed by atoms with E-state index in [1.54, 1.807) is 51.3 Å². The predicted octanol–water partition coefficient (Wildman–Crippen LogP) is 7.09. The largest absolute Gasteiger partial charge is 0.491 e. The minimum Gasteiger partial charge on any atom is -0.491 e. The molecule has 2 aliphatic rings. The summed E-state index contributed by atoms with van der Waals surface area (Å²) in [6.07, 6.45) is -0.857. The summed E-state index contributed by atoms with van der Waals surface area (Å²) in [5.41, 5.74) is -1.39. The quantitative estimate of drug-likeness (QED) is 0.315. The normalized spacial score (nSPS) is 17.3. The molecule has 0 bridgehead atoms. The Balaban J connectivity index is 1.47. The van der Waals surface area contributed by atoms with Gasteiger partial charge in [-0.2, -0.15) is 0 Å². The molecule has 14 heteroatoms. The van der Waals surface area contributed by atoms with Crippen molar-refractivity contribution in [2.75, 3.05) is 31.6 Å². The first-order chi connectivity index (χ1) is 20.5. The van der Waals surface area contributed by atoms with Gasteiger partial charge in [-0.3, -0.25) is 10.1 Å². The number of halogens is 3. The molecular weight excluding hydrogens is 618 g/mol. The molecule has 1 N–H and O–H groups in total. The Hall–Kier alpha value is -3.71. The van der Waals surface area contributed by atoms with E-state index < -0.39 is 40.9 Å². The third kappa shape index (κ3) is 6.53. The van der Waals surface area contributed by atoms with Crippen LogP contribution in [0.5, 0.6) is 5.75 Å². The Bertz CT molecular complexity index is 1650. The van der Waals surface area contributed by atoms with Crippen LogP contribution in [-0.4, -0.2) is 76.4 Å². The molecule has 1 atom stereocenters. The van der Waals surface area contributed by atoms with E-state index >= 15 is 4.39 Å². The summed E-state index contributed by atoms with van der Waals surface area (Å²) in [6, 6.07) is 3.17. The number of benzene rings is 2. The fraction of sp³-hybridized carbons (Fsp3) is 0.467. The van der Waals surface area contributed by atoms with Crippen molar-refractivity contribution in [3.8, 4) is 16.9 Å². The van der Waals surface area contributed by atoms with Gasteiger partial charge in [0.2, 0.25) is 0 Å². The lowest BCUT2D eigenvalue weighted by molar-refractivity contribution is 0.00108. The van der Waals surface area contributed by atoms with Crippen LogP contribution in [0.1, 0.15) is 58.3 Å². The van der Waals surface area contributed by atoms with Crippen LogP contribution in [0.2, 0.25) is 5.02 Å². The van der Waals surface area contributed by atoms with Gasteiger partial charge in [0.1, 0.15) is 22.8 Å².